The number of amides is 1. The molecule has 1 aromatic rings. The van der Waals surface area contributed by atoms with Crippen LogP contribution in [-0.4, -0.2) is 43.8 Å². The minimum Gasteiger partial charge on any atom is -0.385 e. The van der Waals surface area contributed by atoms with Gasteiger partial charge in [-0.2, -0.15) is 11.3 Å². The second-order valence-electron chi connectivity index (χ2n) is 5.84. The Morgan fingerprint density at radius 3 is 3.05 bits per heavy atom. The molecule has 1 aliphatic rings. The van der Waals surface area contributed by atoms with E-state index in [0.29, 0.717) is 13.0 Å². The standard InChI is InChI=1S/C17H27NO3S/c1-20-9-4-2-3-7-17(19)18(12-15-8-11-22-14-15)13-16-6-5-10-21-16/h8,11,14,16H,2-7,9-10,12-13H2,1H3/t16-/m1/s1. The first-order chi connectivity index (χ1) is 10.8. The summed E-state index contributed by atoms with van der Waals surface area (Å²) in [6, 6.07) is 2.10. The van der Waals surface area contributed by atoms with Crippen molar-refractivity contribution in [1.29, 1.82) is 0 Å². The maximum atomic E-state index is 12.5. The molecule has 0 saturated carbocycles. The topological polar surface area (TPSA) is 38.8 Å². The third kappa shape index (κ3) is 6.07. The normalized spacial score (nSPS) is 17.8. The lowest BCUT2D eigenvalue weighted by Gasteiger charge is -2.25. The Bertz CT molecular complexity index is 416. The Labute approximate surface area is 137 Å². The lowest BCUT2D eigenvalue weighted by atomic mass is 10.1. The molecule has 1 aromatic heterocycles. The Morgan fingerprint density at radius 1 is 1.45 bits per heavy atom. The molecule has 5 heteroatoms. The van der Waals surface area contributed by atoms with Crippen molar-refractivity contribution in [2.75, 3.05) is 26.9 Å². The lowest BCUT2D eigenvalue weighted by molar-refractivity contribution is -0.133. The zero-order chi connectivity index (χ0) is 15.6. The summed E-state index contributed by atoms with van der Waals surface area (Å²) in [6.07, 6.45) is 6.04. The SMILES string of the molecule is COCCCCCC(=O)N(Cc1ccsc1)C[C@H]1CCCO1. The van der Waals surface area contributed by atoms with E-state index >= 15 is 0 Å². The van der Waals surface area contributed by atoms with Crippen LogP contribution in [0.5, 0.6) is 0 Å². The van der Waals surface area contributed by atoms with Gasteiger partial charge in [0.1, 0.15) is 0 Å². The lowest BCUT2D eigenvalue weighted by Crippen LogP contribution is -2.36. The summed E-state index contributed by atoms with van der Waals surface area (Å²) in [5.74, 6) is 0.249. The van der Waals surface area contributed by atoms with Gasteiger partial charge in [0, 0.05) is 39.8 Å². The zero-order valence-electron chi connectivity index (χ0n) is 13.5. The number of carbonyl (C=O) groups excluding carboxylic acids is 1. The summed E-state index contributed by atoms with van der Waals surface area (Å²) in [5.41, 5.74) is 1.22. The molecule has 0 aromatic carbocycles. The molecule has 1 amide bonds. The highest BCUT2D eigenvalue weighted by molar-refractivity contribution is 7.07. The predicted octanol–water partition coefficient (Wildman–Crippen LogP) is 3.46. The summed E-state index contributed by atoms with van der Waals surface area (Å²) in [4.78, 5) is 14.5. The molecule has 1 atom stereocenters. The predicted molar refractivity (Wildman–Crippen MR) is 89.1 cm³/mol. The fraction of sp³-hybridized carbons (Fsp3) is 0.706. The summed E-state index contributed by atoms with van der Waals surface area (Å²) in [6.45, 7) is 3.05. The van der Waals surface area contributed by atoms with E-state index in [2.05, 4.69) is 16.8 Å². The third-order valence-electron chi connectivity index (χ3n) is 3.99. The second kappa shape index (κ2) is 9.98. The molecule has 0 unspecified atom stereocenters. The van der Waals surface area contributed by atoms with Gasteiger partial charge in [0.25, 0.3) is 0 Å². The molecule has 1 aliphatic heterocycles. The van der Waals surface area contributed by atoms with Gasteiger partial charge in [0.05, 0.1) is 6.10 Å². The summed E-state index contributed by atoms with van der Waals surface area (Å²) in [5, 5.41) is 4.18. The average molecular weight is 325 g/mol. The number of unbranched alkanes of at least 4 members (excludes halogenated alkanes) is 2. The van der Waals surface area contributed by atoms with Crippen molar-refractivity contribution in [1.82, 2.24) is 4.90 Å². The van der Waals surface area contributed by atoms with E-state index in [9.17, 15) is 4.79 Å². The van der Waals surface area contributed by atoms with Gasteiger partial charge in [-0.15, -0.1) is 0 Å². The van der Waals surface area contributed by atoms with E-state index in [1.165, 1.54) is 5.56 Å². The van der Waals surface area contributed by atoms with E-state index in [1.54, 1.807) is 18.4 Å². The Balaban J connectivity index is 1.80. The molecule has 0 spiro atoms. The largest absolute Gasteiger partial charge is 0.385 e. The minimum absolute atomic E-state index is 0.219. The summed E-state index contributed by atoms with van der Waals surface area (Å²) < 4.78 is 10.7. The molecule has 2 heterocycles. The molecule has 1 saturated heterocycles. The van der Waals surface area contributed by atoms with E-state index in [-0.39, 0.29) is 12.0 Å². The van der Waals surface area contributed by atoms with Crippen molar-refractivity contribution in [3.63, 3.8) is 0 Å². The van der Waals surface area contributed by atoms with Crippen LogP contribution in [-0.2, 0) is 20.8 Å². The Morgan fingerprint density at radius 2 is 2.36 bits per heavy atom. The monoisotopic (exact) mass is 325 g/mol. The summed E-state index contributed by atoms with van der Waals surface area (Å²) in [7, 11) is 1.72. The molecule has 0 aliphatic carbocycles. The first-order valence-electron chi connectivity index (χ1n) is 8.19. The van der Waals surface area contributed by atoms with Crippen LogP contribution < -0.4 is 0 Å². The van der Waals surface area contributed by atoms with Crippen LogP contribution in [0, 0.1) is 0 Å². The molecule has 0 bridgehead atoms. The van der Waals surface area contributed by atoms with Crippen molar-refractivity contribution in [2.45, 2.75) is 51.2 Å². The minimum atomic E-state index is 0.219. The molecule has 0 N–H and O–H groups in total. The van der Waals surface area contributed by atoms with Crippen LogP contribution in [0.4, 0.5) is 0 Å². The van der Waals surface area contributed by atoms with Crippen LogP contribution in [0.2, 0.25) is 0 Å². The third-order valence-corrected chi connectivity index (χ3v) is 4.73. The number of rotatable bonds is 10. The zero-order valence-corrected chi connectivity index (χ0v) is 14.3. The van der Waals surface area contributed by atoms with Gasteiger partial charge in [-0.1, -0.05) is 6.42 Å². The van der Waals surface area contributed by atoms with Gasteiger partial charge < -0.3 is 14.4 Å². The van der Waals surface area contributed by atoms with Gasteiger partial charge in [-0.3, -0.25) is 4.79 Å². The average Bonchev–Trinajstić information content (AvgIpc) is 3.20. The first kappa shape index (κ1) is 17.4. The van der Waals surface area contributed by atoms with Crippen LogP contribution >= 0.6 is 11.3 Å². The van der Waals surface area contributed by atoms with Crippen LogP contribution in [0.3, 0.4) is 0 Å². The Hall–Kier alpha value is -0.910. The van der Waals surface area contributed by atoms with Gasteiger partial charge in [0.2, 0.25) is 5.91 Å². The van der Waals surface area contributed by atoms with E-state index in [0.717, 1.165) is 51.9 Å². The molecular formula is C17H27NO3S. The smallest absolute Gasteiger partial charge is 0.222 e. The maximum Gasteiger partial charge on any atom is 0.222 e. The first-order valence-corrected chi connectivity index (χ1v) is 9.13. The number of nitrogens with zero attached hydrogens (tertiary/aromatic N) is 1. The Kier molecular flexibility index (Phi) is 7.91. The summed E-state index contributed by atoms with van der Waals surface area (Å²) >= 11 is 1.68. The van der Waals surface area contributed by atoms with Crippen molar-refractivity contribution < 1.29 is 14.3 Å². The number of hydrogen-bond donors (Lipinski definition) is 0. The fourth-order valence-corrected chi connectivity index (χ4v) is 3.41. The number of thiophene rings is 1. The highest BCUT2D eigenvalue weighted by atomic mass is 32.1. The van der Waals surface area contributed by atoms with Gasteiger partial charge in [-0.25, -0.2) is 0 Å². The van der Waals surface area contributed by atoms with Crippen molar-refractivity contribution in [2.24, 2.45) is 0 Å². The number of ether oxygens (including phenoxy) is 2. The van der Waals surface area contributed by atoms with E-state index < -0.39 is 0 Å². The molecule has 22 heavy (non-hydrogen) atoms. The van der Waals surface area contributed by atoms with Crippen molar-refractivity contribution >= 4 is 17.2 Å². The highest BCUT2D eigenvalue weighted by Gasteiger charge is 2.22. The number of hydrogen-bond acceptors (Lipinski definition) is 4. The molecule has 4 nitrogen and oxygen atoms in total. The fourth-order valence-electron chi connectivity index (χ4n) is 2.75. The van der Waals surface area contributed by atoms with Crippen LogP contribution in [0.15, 0.2) is 16.8 Å². The highest BCUT2D eigenvalue weighted by Crippen LogP contribution is 2.17. The second-order valence-corrected chi connectivity index (χ2v) is 6.62. The molecule has 2 rings (SSSR count). The van der Waals surface area contributed by atoms with Crippen LogP contribution in [0.25, 0.3) is 0 Å². The van der Waals surface area contributed by atoms with Gasteiger partial charge >= 0.3 is 0 Å². The maximum absolute atomic E-state index is 12.5. The molecule has 124 valence electrons. The molecular weight excluding hydrogens is 298 g/mol. The van der Waals surface area contributed by atoms with Gasteiger partial charge in [0.15, 0.2) is 0 Å². The van der Waals surface area contributed by atoms with Crippen molar-refractivity contribution in [3.8, 4) is 0 Å². The number of methoxy groups -OCH3 is 1. The van der Waals surface area contributed by atoms with Crippen LogP contribution in [0.1, 0.15) is 44.1 Å². The van der Waals surface area contributed by atoms with Gasteiger partial charge in [-0.05, 0) is 48.1 Å². The molecule has 1 fully saturated rings. The molecule has 0 radical (unpaired) electrons. The van der Waals surface area contributed by atoms with Crippen molar-refractivity contribution in [3.05, 3.63) is 22.4 Å². The number of carbonyl (C=O) groups is 1. The van der Waals surface area contributed by atoms with E-state index in [1.807, 2.05) is 4.90 Å². The quantitative estimate of drug-likeness (QED) is 0.618. The van der Waals surface area contributed by atoms with E-state index in [4.69, 9.17) is 9.47 Å².